The first-order chi connectivity index (χ1) is 15.0. The highest BCUT2D eigenvalue weighted by Gasteiger charge is 2.31. The third-order valence-electron chi connectivity index (χ3n) is 4.77. The van der Waals surface area contributed by atoms with Crippen LogP contribution in [0.25, 0.3) is 22.6 Å². The number of nitrogens with zero attached hydrogens (tertiary/aromatic N) is 4. The first-order valence-corrected chi connectivity index (χ1v) is 12.0. The van der Waals surface area contributed by atoms with Gasteiger partial charge in [0.05, 0.1) is 11.3 Å². The number of alkyl halides is 3. The van der Waals surface area contributed by atoms with E-state index >= 15 is 0 Å². The molecule has 0 spiro atoms. The van der Waals surface area contributed by atoms with Crippen molar-refractivity contribution < 1.29 is 21.6 Å². The van der Waals surface area contributed by atoms with Crippen molar-refractivity contribution in [3.8, 4) is 16.9 Å². The van der Waals surface area contributed by atoms with Gasteiger partial charge in [-0.15, -0.1) is 5.10 Å². The molecule has 166 valence electrons. The van der Waals surface area contributed by atoms with E-state index in [1.807, 2.05) is 12.1 Å². The number of pyridine rings is 2. The van der Waals surface area contributed by atoms with Crippen molar-refractivity contribution in [1.82, 2.24) is 19.2 Å². The van der Waals surface area contributed by atoms with Gasteiger partial charge in [0, 0.05) is 22.4 Å². The summed E-state index contributed by atoms with van der Waals surface area (Å²) in [5.41, 5.74) is 0.526. The fraction of sp³-hybridized carbons (Fsp3) is 0.150. The van der Waals surface area contributed by atoms with Crippen LogP contribution in [0.1, 0.15) is 12.5 Å². The van der Waals surface area contributed by atoms with Crippen LogP contribution in [-0.2, 0) is 16.0 Å². The van der Waals surface area contributed by atoms with E-state index in [9.17, 15) is 21.6 Å². The Labute approximate surface area is 194 Å². The van der Waals surface area contributed by atoms with Gasteiger partial charge >= 0.3 is 6.18 Å². The zero-order valence-corrected chi connectivity index (χ0v) is 19.6. The molecule has 0 N–H and O–H groups in total. The number of rotatable bonds is 4. The first kappa shape index (κ1) is 22.6. The summed E-state index contributed by atoms with van der Waals surface area (Å²) < 4.78 is 67.9. The van der Waals surface area contributed by atoms with Crippen molar-refractivity contribution in [1.29, 1.82) is 0 Å². The van der Waals surface area contributed by atoms with Crippen molar-refractivity contribution in [3.63, 3.8) is 0 Å². The minimum absolute atomic E-state index is 0.0741. The topological polar surface area (TPSA) is 69.3 Å². The fourth-order valence-electron chi connectivity index (χ4n) is 3.06. The van der Waals surface area contributed by atoms with E-state index in [-0.39, 0.29) is 26.9 Å². The summed E-state index contributed by atoms with van der Waals surface area (Å²) in [5.74, 6) is -0.278. The summed E-state index contributed by atoms with van der Waals surface area (Å²) in [7, 11) is -3.77. The molecule has 0 saturated heterocycles. The van der Waals surface area contributed by atoms with E-state index in [0.717, 1.165) is 31.4 Å². The minimum Gasteiger partial charge on any atom is -0.274 e. The van der Waals surface area contributed by atoms with Crippen molar-refractivity contribution in [2.75, 3.05) is 5.75 Å². The molecule has 6 nitrogen and oxygen atoms in total. The van der Waals surface area contributed by atoms with Crippen LogP contribution in [0.4, 0.5) is 13.2 Å². The summed E-state index contributed by atoms with van der Waals surface area (Å²) >= 11 is 8.66. The average molecular weight is 543 g/mol. The second-order valence-corrected chi connectivity index (χ2v) is 10.3. The number of halogens is 4. The molecule has 3 aromatic heterocycles. The molecular weight excluding hydrogens is 529 g/mol. The second kappa shape index (κ2) is 8.09. The number of hydrogen-bond donors (Lipinski definition) is 0. The average Bonchev–Trinajstić information content (AvgIpc) is 3.09. The van der Waals surface area contributed by atoms with Crippen LogP contribution in [0.5, 0.6) is 0 Å². The molecule has 0 unspecified atom stereocenters. The van der Waals surface area contributed by atoms with Crippen LogP contribution in [0.15, 0.2) is 64.2 Å². The Bertz CT molecular complexity index is 1490. The molecule has 3 heterocycles. The third kappa shape index (κ3) is 4.09. The van der Waals surface area contributed by atoms with Gasteiger partial charge in [-0.25, -0.2) is 13.4 Å². The standard InChI is InChI=1S/C20H14BrF3N4O2S2/c1-2-32(29,30)16-9-13(12-3-6-15(21)7-4-12)10-25-18(16)28-19(31)27-11-14(20(22,23)24)5-8-17(27)26-28/h3-11H,2H2,1H3. The quantitative estimate of drug-likeness (QED) is 0.319. The van der Waals surface area contributed by atoms with Crippen molar-refractivity contribution in [3.05, 3.63) is 69.7 Å². The lowest BCUT2D eigenvalue weighted by Gasteiger charge is -2.11. The van der Waals surface area contributed by atoms with E-state index in [2.05, 4.69) is 26.0 Å². The van der Waals surface area contributed by atoms with E-state index in [1.165, 1.54) is 25.3 Å². The van der Waals surface area contributed by atoms with Gasteiger partial charge in [-0.3, -0.25) is 4.40 Å². The summed E-state index contributed by atoms with van der Waals surface area (Å²) in [6.07, 6.45) is -2.27. The molecule has 0 bridgehead atoms. The molecule has 4 aromatic rings. The number of sulfone groups is 1. The molecular formula is C20H14BrF3N4O2S2. The van der Waals surface area contributed by atoms with Crippen molar-refractivity contribution in [2.24, 2.45) is 0 Å². The third-order valence-corrected chi connectivity index (χ3v) is 7.40. The van der Waals surface area contributed by atoms with Crippen molar-refractivity contribution in [2.45, 2.75) is 18.0 Å². The lowest BCUT2D eigenvalue weighted by Crippen LogP contribution is -2.12. The maximum absolute atomic E-state index is 13.1. The molecule has 0 fully saturated rings. The number of fused-ring (bicyclic) bond motifs is 1. The molecule has 4 rings (SSSR count). The molecule has 0 saturated carbocycles. The maximum atomic E-state index is 13.1. The molecule has 0 aliphatic heterocycles. The summed E-state index contributed by atoms with van der Waals surface area (Å²) in [6.45, 7) is 1.49. The zero-order valence-electron chi connectivity index (χ0n) is 16.3. The van der Waals surface area contributed by atoms with Gasteiger partial charge in [0.1, 0.15) is 4.90 Å². The normalized spacial score (nSPS) is 12.4. The predicted molar refractivity (Wildman–Crippen MR) is 119 cm³/mol. The highest BCUT2D eigenvalue weighted by molar-refractivity contribution is 9.10. The van der Waals surface area contributed by atoms with Crippen LogP contribution in [0.2, 0.25) is 0 Å². The van der Waals surface area contributed by atoms with Crippen LogP contribution in [0.3, 0.4) is 0 Å². The summed E-state index contributed by atoms with van der Waals surface area (Å²) in [4.78, 5) is 4.18. The Kier molecular flexibility index (Phi) is 5.72. The summed E-state index contributed by atoms with van der Waals surface area (Å²) in [6, 6.07) is 10.8. The Morgan fingerprint density at radius 3 is 2.41 bits per heavy atom. The number of hydrogen-bond acceptors (Lipinski definition) is 5. The van der Waals surface area contributed by atoms with Gasteiger partial charge in [0.15, 0.2) is 21.3 Å². The van der Waals surface area contributed by atoms with Gasteiger partial charge < -0.3 is 0 Å². The summed E-state index contributed by atoms with van der Waals surface area (Å²) in [5, 5.41) is 4.20. The highest BCUT2D eigenvalue weighted by atomic mass is 79.9. The molecule has 0 radical (unpaired) electrons. The maximum Gasteiger partial charge on any atom is 0.417 e. The molecule has 12 heteroatoms. The van der Waals surface area contributed by atoms with Crippen molar-refractivity contribution >= 4 is 43.6 Å². The first-order valence-electron chi connectivity index (χ1n) is 9.19. The van der Waals surface area contributed by atoms with Crippen LogP contribution >= 0.6 is 28.1 Å². The molecule has 0 aliphatic carbocycles. The monoisotopic (exact) mass is 542 g/mol. The Morgan fingerprint density at radius 1 is 1.09 bits per heavy atom. The van der Waals surface area contributed by atoms with Crippen LogP contribution in [0, 0.1) is 4.77 Å². The predicted octanol–water partition coefficient (Wildman–Crippen LogP) is 5.49. The van der Waals surface area contributed by atoms with E-state index in [0.29, 0.717) is 5.56 Å². The second-order valence-electron chi connectivity index (χ2n) is 6.79. The van der Waals surface area contributed by atoms with E-state index in [1.54, 1.807) is 12.1 Å². The zero-order chi connectivity index (χ0) is 23.3. The lowest BCUT2D eigenvalue weighted by atomic mass is 10.1. The van der Waals surface area contributed by atoms with E-state index in [4.69, 9.17) is 12.2 Å². The van der Waals surface area contributed by atoms with Crippen LogP contribution < -0.4 is 0 Å². The van der Waals surface area contributed by atoms with Gasteiger partial charge in [0.2, 0.25) is 4.77 Å². The van der Waals surface area contributed by atoms with E-state index < -0.39 is 21.6 Å². The van der Waals surface area contributed by atoms with Gasteiger partial charge in [-0.1, -0.05) is 35.0 Å². The Balaban J connectivity index is 1.95. The smallest absolute Gasteiger partial charge is 0.274 e. The molecule has 32 heavy (non-hydrogen) atoms. The molecule has 0 amide bonds. The SMILES string of the molecule is CCS(=O)(=O)c1cc(-c2ccc(Br)cc2)cnc1-n1nc2ccc(C(F)(F)F)cn2c1=S. The van der Waals surface area contributed by atoms with Gasteiger partial charge in [-0.2, -0.15) is 17.9 Å². The number of benzene rings is 1. The van der Waals surface area contributed by atoms with Gasteiger partial charge in [-0.05, 0) is 48.1 Å². The largest absolute Gasteiger partial charge is 0.417 e. The highest BCUT2D eigenvalue weighted by Crippen LogP contribution is 2.30. The molecule has 0 atom stereocenters. The van der Waals surface area contributed by atoms with Gasteiger partial charge in [0.25, 0.3) is 0 Å². The molecule has 1 aromatic carbocycles. The Morgan fingerprint density at radius 2 is 1.78 bits per heavy atom. The fourth-order valence-corrected chi connectivity index (χ4v) is 4.63. The lowest BCUT2D eigenvalue weighted by molar-refractivity contribution is -0.137. The minimum atomic E-state index is -4.56. The van der Waals surface area contributed by atoms with Crippen LogP contribution in [-0.4, -0.2) is 33.3 Å². The Hall–Kier alpha value is -2.57. The molecule has 0 aliphatic rings. The number of aromatic nitrogens is 4.